The maximum absolute atomic E-state index is 12.9. The van der Waals surface area contributed by atoms with Crippen molar-refractivity contribution in [3.8, 4) is 5.75 Å². The van der Waals surface area contributed by atoms with E-state index in [1.165, 1.54) is 51.7 Å². The quantitative estimate of drug-likeness (QED) is 0.769. The molecule has 1 amide bonds. The average molecular weight is 401 g/mol. The van der Waals surface area contributed by atoms with Crippen LogP contribution in [0, 0.1) is 12.8 Å². The lowest BCUT2D eigenvalue weighted by molar-refractivity contribution is -0.112. The summed E-state index contributed by atoms with van der Waals surface area (Å²) in [5.74, 6) is 1.68. The van der Waals surface area contributed by atoms with E-state index in [0.717, 1.165) is 49.4 Å². The lowest BCUT2D eigenvalue weighted by Gasteiger charge is -2.45. The Morgan fingerprint density at radius 2 is 1.90 bits per heavy atom. The molecule has 3 saturated heterocycles. The predicted octanol–water partition coefficient (Wildman–Crippen LogP) is 3.89. The standard InChI is InChI=1S/C24H36N2O3/c1-19-17-21(28-2)5-6-22(19)23(27)26-12-7-20(8-13-26)18-25-14-10-24(11-15-25)9-3-4-16-29-24/h5-6,17,20H,3-4,7-16,18H2,1-2H3. The fourth-order valence-electron chi connectivity index (χ4n) is 5.30. The van der Waals surface area contributed by atoms with Crippen molar-refractivity contribution in [1.82, 2.24) is 9.80 Å². The van der Waals surface area contributed by atoms with Crippen LogP contribution < -0.4 is 4.74 Å². The zero-order valence-corrected chi connectivity index (χ0v) is 18.1. The number of piperidine rings is 2. The first-order valence-corrected chi connectivity index (χ1v) is 11.4. The van der Waals surface area contributed by atoms with Crippen LogP contribution in [0.1, 0.15) is 60.9 Å². The van der Waals surface area contributed by atoms with Crippen molar-refractivity contribution in [2.24, 2.45) is 5.92 Å². The summed E-state index contributed by atoms with van der Waals surface area (Å²) in [5.41, 5.74) is 1.99. The topological polar surface area (TPSA) is 42.0 Å². The Kier molecular flexibility index (Phi) is 6.45. The van der Waals surface area contributed by atoms with Crippen LogP contribution in [0.5, 0.6) is 5.75 Å². The summed E-state index contributed by atoms with van der Waals surface area (Å²) in [4.78, 5) is 17.6. The van der Waals surface area contributed by atoms with Gasteiger partial charge in [-0.05, 0) is 81.5 Å². The van der Waals surface area contributed by atoms with Crippen LogP contribution >= 0.6 is 0 Å². The molecule has 3 aliphatic rings. The Labute approximate surface area is 175 Å². The molecule has 3 fully saturated rings. The minimum Gasteiger partial charge on any atom is -0.497 e. The molecule has 5 nitrogen and oxygen atoms in total. The number of ether oxygens (including phenoxy) is 2. The third-order valence-electron chi connectivity index (χ3n) is 7.28. The summed E-state index contributed by atoms with van der Waals surface area (Å²) in [6.45, 7) is 8.21. The van der Waals surface area contributed by atoms with E-state index < -0.39 is 0 Å². The summed E-state index contributed by atoms with van der Waals surface area (Å²) in [5, 5.41) is 0. The molecule has 3 aliphatic heterocycles. The van der Waals surface area contributed by atoms with Crippen LogP contribution in [-0.2, 0) is 4.74 Å². The summed E-state index contributed by atoms with van der Waals surface area (Å²) < 4.78 is 11.4. The number of rotatable bonds is 4. The molecule has 1 aromatic rings. The Hall–Kier alpha value is -1.59. The fourth-order valence-corrected chi connectivity index (χ4v) is 5.30. The zero-order chi connectivity index (χ0) is 20.3. The minimum absolute atomic E-state index is 0.165. The van der Waals surface area contributed by atoms with E-state index in [0.29, 0.717) is 5.92 Å². The van der Waals surface area contributed by atoms with E-state index in [9.17, 15) is 4.79 Å². The van der Waals surface area contributed by atoms with E-state index in [1.807, 2.05) is 30.0 Å². The Morgan fingerprint density at radius 3 is 2.52 bits per heavy atom. The van der Waals surface area contributed by atoms with Crippen LogP contribution in [0.2, 0.25) is 0 Å². The molecule has 0 N–H and O–H groups in total. The first-order valence-electron chi connectivity index (χ1n) is 11.4. The summed E-state index contributed by atoms with van der Waals surface area (Å²) in [7, 11) is 1.66. The van der Waals surface area contributed by atoms with Gasteiger partial charge in [0.1, 0.15) is 5.75 Å². The molecule has 160 valence electrons. The highest BCUT2D eigenvalue weighted by Crippen LogP contribution is 2.35. The largest absolute Gasteiger partial charge is 0.497 e. The molecule has 0 radical (unpaired) electrons. The summed E-state index contributed by atoms with van der Waals surface area (Å²) >= 11 is 0. The van der Waals surface area contributed by atoms with Crippen LogP contribution in [0.3, 0.4) is 0 Å². The molecule has 29 heavy (non-hydrogen) atoms. The van der Waals surface area contributed by atoms with Gasteiger partial charge in [0.05, 0.1) is 12.7 Å². The van der Waals surface area contributed by atoms with Gasteiger partial charge in [-0.2, -0.15) is 0 Å². The van der Waals surface area contributed by atoms with Gasteiger partial charge < -0.3 is 19.3 Å². The molecule has 0 saturated carbocycles. The molecular weight excluding hydrogens is 364 g/mol. The number of methoxy groups -OCH3 is 1. The average Bonchev–Trinajstić information content (AvgIpc) is 2.76. The van der Waals surface area contributed by atoms with Gasteiger partial charge in [0.2, 0.25) is 0 Å². The van der Waals surface area contributed by atoms with Crippen LogP contribution in [0.4, 0.5) is 0 Å². The second kappa shape index (κ2) is 9.05. The number of carbonyl (C=O) groups excluding carboxylic acids is 1. The van der Waals surface area contributed by atoms with Crippen molar-refractivity contribution in [3.05, 3.63) is 29.3 Å². The smallest absolute Gasteiger partial charge is 0.254 e. The number of benzene rings is 1. The van der Waals surface area contributed by atoms with Gasteiger partial charge in [0.15, 0.2) is 0 Å². The lowest BCUT2D eigenvalue weighted by atomic mass is 9.84. The molecule has 0 aliphatic carbocycles. The van der Waals surface area contributed by atoms with E-state index >= 15 is 0 Å². The van der Waals surface area contributed by atoms with Gasteiger partial charge in [-0.1, -0.05) is 0 Å². The van der Waals surface area contributed by atoms with Gasteiger partial charge in [-0.15, -0.1) is 0 Å². The van der Waals surface area contributed by atoms with Crippen LogP contribution in [0.15, 0.2) is 18.2 Å². The highest BCUT2D eigenvalue weighted by Gasteiger charge is 2.37. The minimum atomic E-state index is 0.165. The number of likely N-dealkylation sites (tertiary alicyclic amines) is 2. The third kappa shape index (κ3) is 4.77. The van der Waals surface area contributed by atoms with Gasteiger partial charge in [0, 0.05) is 44.9 Å². The van der Waals surface area contributed by atoms with Gasteiger partial charge >= 0.3 is 0 Å². The monoisotopic (exact) mass is 400 g/mol. The van der Waals surface area contributed by atoms with Crippen molar-refractivity contribution in [1.29, 1.82) is 0 Å². The van der Waals surface area contributed by atoms with Gasteiger partial charge in [0.25, 0.3) is 5.91 Å². The van der Waals surface area contributed by atoms with Crippen molar-refractivity contribution in [2.45, 2.75) is 57.5 Å². The van der Waals surface area contributed by atoms with Crippen molar-refractivity contribution in [3.63, 3.8) is 0 Å². The number of hydrogen-bond acceptors (Lipinski definition) is 4. The second-order valence-electron chi connectivity index (χ2n) is 9.21. The Bertz CT molecular complexity index is 696. The molecule has 0 aromatic heterocycles. The first-order chi connectivity index (χ1) is 14.1. The van der Waals surface area contributed by atoms with Crippen LogP contribution in [-0.4, -0.2) is 67.7 Å². The predicted molar refractivity (Wildman–Crippen MR) is 115 cm³/mol. The van der Waals surface area contributed by atoms with Gasteiger partial charge in [-0.25, -0.2) is 0 Å². The molecule has 0 bridgehead atoms. The zero-order valence-electron chi connectivity index (χ0n) is 18.1. The van der Waals surface area contributed by atoms with E-state index in [1.54, 1.807) is 7.11 Å². The van der Waals surface area contributed by atoms with E-state index in [-0.39, 0.29) is 11.5 Å². The number of nitrogens with zero attached hydrogens (tertiary/aromatic N) is 2. The molecular formula is C24H36N2O3. The lowest BCUT2D eigenvalue weighted by Crippen LogP contribution is -2.49. The molecule has 1 aromatic carbocycles. The molecule has 1 spiro atoms. The maximum Gasteiger partial charge on any atom is 0.254 e. The van der Waals surface area contributed by atoms with Crippen molar-refractivity contribution >= 4 is 5.91 Å². The number of carbonyl (C=O) groups is 1. The molecule has 0 atom stereocenters. The van der Waals surface area contributed by atoms with Gasteiger partial charge in [-0.3, -0.25) is 4.79 Å². The molecule has 4 rings (SSSR count). The van der Waals surface area contributed by atoms with Crippen molar-refractivity contribution in [2.75, 3.05) is 46.4 Å². The number of hydrogen-bond donors (Lipinski definition) is 0. The van der Waals surface area contributed by atoms with E-state index in [2.05, 4.69) is 4.90 Å². The number of amides is 1. The van der Waals surface area contributed by atoms with E-state index in [4.69, 9.17) is 9.47 Å². The maximum atomic E-state index is 12.9. The second-order valence-corrected chi connectivity index (χ2v) is 9.21. The fraction of sp³-hybridized carbons (Fsp3) is 0.708. The highest BCUT2D eigenvalue weighted by atomic mass is 16.5. The number of aryl methyl sites for hydroxylation is 1. The molecule has 3 heterocycles. The summed E-state index contributed by atoms with van der Waals surface area (Å²) in [6, 6.07) is 5.73. The Balaban J connectivity index is 1.24. The Morgan fingerprint density at radius 1 is 1.14 bits per heavy atom. The van der Waals surface area contributed by atoms with Crippen LogP contribution in [0.25, 0.3) is 0 Å². The molecule has 0 unspecified atom stereocenters. The van der Waals surface area contributed by atoms with Crippen molar-refractivity contribution < 1.29 is 14.3 Å². The highest BCUT2D eigenvalue weighted by molar-refractivity contribution is 5.95. The SMILES string of the molecule is COc1ccc(C(=O)N2CCC(CN3CCC4(CCCCO4)CC3)CC2)c(C)c1. The molecule has 5 heteroatoms. The third-order valence-corrected chi connectivity index (χ3v) is 7.28. The summed E-state index contributed by atoms with van der Waals surface area (Å²) in [6.07, 6.45) is 8.44. The normalized spacial score (nSPS) is 23.3. The first kappa shape index (κ1) is 20.7.